The minimum absolute atomic E-state index is 0.472. The van der Waals surface area contributed by atoms with Gasteiger partial charge >= 0.3 is 0 Å². The molecule has 1 unspecified atom stereocenters. The third-order valence-electron chi connectivity index (χ3n) is 3.92. The predicted molar refractivity (Wildman–Crippen MR) is 74.8 cm³/mol. The van der Waals surface area contributed by atoms with Gasteiger partial charge in [0.1, 0.15) is 0 Å². The number of aryl methyl sites for hydroxylation is 1. The molecule has 1 fully saturated rings. The quantitative estimate of drug-likeness (QED) is 0.877. The van der Waals surface area contributed by atoms with Crippen LogP contribution in [0.1, 0.15) is 19.3 Å². The van der Waals surface area contributed by atoms with E-state index >= 15 is 0 Å². The normalized spacial score (nSPS) is 20.6. The number of rotatable bonds is 2. The molecule has 96 valence electrons. The van der Waals surface area contributed by atoms with Gasteiger partial charge in [-0.2, -0.15) is 0 Å². The summed E-state index contributed by atoms with van der Waals surface area (Å²) in [6, 6.07) is 6.82. The number of nitrogens with two attached hydrogens (primary N) is 1. The van der Waals surface area contributed by atoms with Gasteiger partial charge in [0.25, 0.3) is 0 Å². The number of aromatic nitrogens is 2. The zero-order valence-electron chi connectivity index (χ0n) is 10.8. The Morgan fingerprint density at radius 1 is 1.39 bits per heavy atom. The number of piperidine rings is 1. The van der Waals surface area contributed by atoms with Crippen LogP contribution in [-0.4, -0.2) is 28.7 Å². The second-order valence-electron chi connectivity index (χ2n) is 5.08. The maximum absolute atomic E-state index is 5.92. The molecule has 0 radical (unpaired) electrons. The summed E-state index contributed by atoms with van der Waals surface area (Å²) in [7, 11) is 2.06. The molecule has 18 heavy (non-hydrogen) atoms. The Kier molecular flexibility index (Phi) is 2.96. The average molecular weight is 244 g/mol. The standard InChI is InChI=1S/C14H20N4/c1-17-10-16-12-6-4-7-13(14(12)17)18-8-3-2-5-11(18)9-15/h4,6-7,10-11H,2-3,5,8-9,15H2,1H3. The number of anilines is 1. The highest BCUT2D eigenvalue weighted by Crippen LogP contribution is 2.30. The van der Waals surface area contributed by atoms with Crippen LogP contribution in [0.25, 0.3) is 11.0 Å². The average Bonchev–Trinajstić information content (AvgIpc) is 2.81. The molecule has 0 aliphatic carbocycles. The first-order valence-corrected chi connectivity index (χ1v) is 6.68. The van der Waals surface area contributed by atoms with Crippen LogP contribution >= 0.6 is 0 Å². The van der Waals surface area contributed by atoms with Gasteiger partial charge in [-0.15, -0.1) is 0 Å². The minimum atomic E-state index is 0.472. The Morgan fingerprint density at radius 2 is 2.28 bits per heavy atom. The number of hydrogen-bond donors (Lipinski definition) is 1. The molecule has 2 aromatic rings. The molecular formula is C14H20N4. The fraction of sp³-hybridized carbons (Fsp3) is 0.500. The number of nitrogens with zero attached hydrogens (tertiary/aromatic N) is 3. The number of hydrogen-bond acceptors (Lipinski definition) is 3. The summed E-state index contributed by atoms with van der Waals surface area (Å²) in [5, 5.41) is 0. The van der Waals surface area contributed by atoms with Crippen LogP contribution in [0, 0.1) is 0 Å². The van der Waals surface area contributed by atoms with E-state index in [0.717, 1.165) is 18.6 Å². The van der Waals surface area contributed by atoms with Crippen molar-refractivity contribution in [3.63, 3.8) is 0 Å². The summed E-state index contributed by atoms with van der Waals surface area (Å²) in [5.41, 5.74) is 9.49. The summed E-state index contributed by atoms with van der Waals surface area (Å²) < 4.78 is 2.10. The molecule has 4 nitrogen and oxygen atoms in total. The van der Waals surface area contributed by atoms with E-state index in [1.165, 1.54) is 30.5 Å². The maximum atomic E-state index is 5.92. The van der Waals surface area contributed by atoms with Crippen molar-refractivity contribution in [3.8, 4) is 0 Å². The molecule has 0 saturated carbocycles. The van der Waals surface area contributed by atoms with E-state index in [1.807, 2.05) is 6.33 Å². The fourth-order valence-corrected chi connectivity index (χ4v) is 2.99. The van der Waals surface area contributed by atoms with Crippen molar-refractivity contribution in [2.75, 3.05) is 18.0 Å². The SMILES string of the molecule is Cn1cnc2cccc(N3CCCCC3CN)c21. The zero-order valence-corrected chi connectivity index (χ0v) is 10.8. The minimum Gasteiger partial charge on any atom is -0.366 e. The lowest BCUT2D eigenvalue weighted by molar-refractivity contribution is 0.466. The van der Waals surface area contributed by atoms with Gasteiger partial charge < -0.3 is 15.2 Å². The summed E-state index contributed by atoms with van der Waals surface area (Å²) in [4.78, 5) is 6.90. The van der Waals surface area contributed by atoms with E-state index in [2.05, 4.69) is 39.7 Å². The van der Waals surface area contributed by atoms with Gasteiger partial charge in [-0.25, -0.2) is 4.98 Å². The van der Waals surface area contributed by atoms with Gasteiger partial charge in [-0.1, -0.05) is 6.07 Å². The molecule has 1 aliphatic heterocycles. The number of para-hydroxylation sites is 1. The van der Waals surface area contributed by atoms with Gasteiger partial charge in [-0.3, -0.25) is 0 Å². The summed E-state index contributed by atoms with van der Waals surface area (Å²) in [6.07, 6.45) is 5.63. The monoisotopic (exact) mass is 244 g/mol. The van der Waals surface area contributed by atoms with Crippen LogP contribution in [0.4, 0.5) is 5.69 Å². The van der Waals surface area contributed by atoms with Crippen molar-refractivity contribution in [2.24, 2.45) is 12.8 Å². The molecular weight excluding hydrogens is 224 g/mol. The summed E-state index contributed by atoms with van der Waals surface area (Å²) in [5.74, 6) is 0. The van der Waals surface area contributed by atoms with E-state index < -0.39 is 0 Å². The predicted octanol–water partition coefficient (Wildman–Crippen LogP) is 1.89. The molecule has 0 amide bonds. The summed E-state index contributed by atoms with van der Waals surface area (Å²) >= 11 is 0. The Bertz CT molecular complexity index is 546. The maximum Gasteiger partial charge on any atom is 0.0956 e. The first kappa shape index (κ1) is 11.5. The van der Waals surface area contributed by atoms with Crippen molar-refractivity contribution in [1.82, 2.24) is 9.55 Å². The van der Waals surface area contributed by atoms with Crippen molar-refractivity contribution < 1.29 is 0 Å². The third kappa shape index (κ3) is 1.77. The number of benzene rings is 1. The van der Waals surface area contributed by atoms with Gasteiger partial charge in [0.2, 0.25) is 0 Å². The number of fused-ring (bicyclic) bond motifs is 1. The lowest BCUT2D eigenvalue weighted by atomic mass is 10.0. The highest BCUT2D eigenvalue weighted by atomic mass is 15.2. The molecule has 1 saturated heterocycles. The second-order valence-corrected chi connectivity index (χ2v) is 5.08. The van der Waals surface area contributed by atoms with Crippen LogP contribution in [-0.2, 0) is 7.05 Å². The largest absolute Gasteiger partial charge is 0.366 e. The second kappa shape index (κ2) is 4.61. The molecule has 2 heterocycles. The van der Waals surface area contributed by atoms with E-state index in [1.54, 1.807) is 0 Å². The molecule has 0 bridgehead atoms. The van der Waals surface area contributed by atoms with Crippen LogP contribution in [0.3, 0.4) is 0 Å². The molecule has 4 heteroatoms. The molecule has 1 aromatic carbocycles. The molecule has 1 atom stereocenters. The van der Waals surface area contributed by atoms with E-state index in [0.29, 0.717) is 6.04 Å². The third-order valence-corrected chi connectivity index (χ3v) is 3.92. The van der Waals surface area contributed by atoms with Gasteiger partial charge in [-0.05, 0) is 31.4 Å². The van der Waals surface area contributed by atoms with Crippen LogP contribution in [0.5, 0.6) is 0 Å². The zero-order chi connectivity index (χ0) is 12.5. The Labute approximate surface area is 107 Å². The van der Waals surface area contributed by atoms with Gasteiger partial charge in [0.15, 0.2) is 0 Å². The Morgan fingerprint density at radius 3 is 3.11 bits per heavy atom. The number of imidazole rings is 1. The molecule has 2 N–H and O–H groups in total. The van der Waals surface area contributed by atoms with Crippen LogP contribution < -0.4 is 10.6 Å². The molecule has 0 spiro atoms. The van der Waals surface area contributed by atoms with Crippen molar-refractivity contribution >= 4 is 16.7 Å². The first-order chi connectivity index (χ1) is 8.81. The smallest absolute Gasteiger partial charge is 0.0956 e. The molecule has 1 aliphatic rings. The topological polar surface area (TPSA) is 47.1 Å². The fourth-order valence-electron chi connectivity index (χ4n) is 2.99. The lowest BCUT2D eigenvalue weighted by Gasteiger charge is -2.37. The van der Waals surface area contributed by atoms with Crippen molar-refractivity contribution in [2.45, 2.75) is 25.3 Å². The van der Waals surface area contributed by atoms with Crippen LogP contribution in [0.2, 0.25) is 0 Å². The Balaban J connectivity index is 2.09. The highest BCUT2D eigenvalue weighted by molar-refractivity contribution is 5.89. The lowest BCUT2D eigenvalue weighted by Crippen LogP contribution is -2.44. The van der Waals surface area contributed by atoms with Crippen LogP contribution in [0.15, 0.2) is 24.5 Å². The van der Waals surface area contributed by atoms with Crippen molar-refractivity contribution in [1.29, 1.82) is 0 Å². The Hall–Kier alpha value is -1.55. The van der Waals surface area contributed by atoms with Gasteiger partial charge in [0, 0.05) is 26.2 Å². The summed E-state index contributed by atoms with van der Waals surface area (Å²) in [6.45, 7) is 1.83. The highest BCUT2D eigenvalue weighted by Gasteiger charge is 2.23. The molecule has 1 aromatic heterocycles. The molecule has 3 rings (SSSR count). The first-order valence-electron chi connectivity index (χ1n) is 6.68. The van der Waals surface area contributed by atoms with Gasteiger partial charge in [0.05, 0.1) is 23.0 Å². The van der Waals surface area contributed by atoms with E-state index in [4.69, 9.17) is 5.73 Å². The van der Waals surface area contributed by atoms with E-state index in [9.17, 15) is 0 Å². The van der Waals surface area contributed by atoms with Crippen molar-refractivity contribution in [3.05, 3.63) is 24.5 Å². The van der Waals surface area contributed by atoms with E-state index in [-0.39, 0.29) is 0 Å².